The Morgan fingerprint density at radius 1 is 1.09 bits per heavy atom. The van der Waals surface area contributed by atoms with Crippen LogP contribution in [-0.2, 0) is 11.3 Å². The third-order valence-electron chi connectivity index (χ3n) is 6.32. The van der Waals surface area contributed by atoms with Crippen molar-refractivity contribution in [1.82, 2.24) is 0 Å². The van der Waals surface area contributed by atoms with Crippen LogP contribution in [0.5, 0.6) is 5.75 Å². The molecule has 0 aliphatic carbocycles. The van der Waals surface area contributed by atoms with E-state index in [4.69, 9.17) is 16.3 Å². The molecule has 1 N–H and O–H groups in total. The molecular weight excluding hydrogens is 446 g/mol. The highest BCUT2D eigenvalue weighted by Gasteiger charge is 2.33. The van der Waals surface area contributed by atoms with E-state index < -0.39 is 5.54 Å². The van der Waals surface area contributed by atoms with E-state index in [1.807, 2.05) is 38.1 Å². The van der Waals surface area contributed by atoms with Crippen LogP contribution in [0.1, 0.15) is 44.7 Å². The van der Waals surface area contributed by atoms with Gasteiger partial charge in [-0.25, -0.2) is 0 Å². The molecule has 0 atom stereocenters. The maximum atomic E-state index is 11.7. The lowest BCUT2D eigenvalue weighted by Gasteiger charge is -2.32. The molecule has 0 aromatic heterocycles. The summed E-state index contributed by atoms with van der Waals surface area (Å²) in [6, 6.07) is 18.3. The van der Waals surface area contributed by atoms with Crippen molar-refractivity contribution in [3.63, 3.8) is 0 Å². The first kappa shape index (κ1) is 24.0. The van der Waals surface area contributed by atoms with Crippen molar-refractivity contribution in [3.05, 3.63) is 70.7 Å². The lowest BCUT2D eigenvalue weighted by atomic mass is 9.95. The summed E-state index contributed by atoms with van der Waals surface area (Å²) in [5.41, 5.74) is 6.84. The SMILES string of the molecule is COc1ccc(Cl)cc1-c1ccc(NC(C)(C)C=O)c2c1CN(c1ccccc1C(C)C)N2C. The molecule has 0 fully saturated rings. The standard InChI is InChI=1S/C28H32ClN3O2/c1-18(2)20-9-7-8-10-25(20)32-16-23-21(22-15-19(29)11-14-26(22)34-6)12-13-24(27(23)31(32)5)30-28(3,4)17-33/h7-15,17-18,30H,16H2,1-6H3. The fraction of sp³-hybridized carbons (Fsp3) is 0.321. The number of benzene rings is 3. The van der Waals surface area contributed by atoms with Crippen LogP contribution in [0.25, 0.3) is 11.1 Å². The number of carbonyl (C=O) groups excluding carboxylic acids is 1. The van der Waals surface area contributed by atoms with Gasteiger partial charge in [0, 0.05) is 23.2 Å². The Kier molecular flexibility index (Phi) is 6.50. The number of methoxy groups -OCH3 is 1. The number of hydrogen-bond donors (Lipinski definition) is 1. The zero-order valence-corrected chi connectivity index (χ0v) is 21.4. The lowest BCUT2D eigenvalue weighted by Crippen LogP contribution is -2.36. The van der Waals surface area contributed by atoms with Gasteiger partial charge >= 0.3 is 0 Å². The Labute approximate surface area is 207 Å². The number of para-hydroxylation sites is 1. The van der Waals surface area contributed by atoms with Crippen LogP contribution < -0.4 is 20.1 Å². The normalized spacial score (nSPS) is 13.3. The largest absolute Gasteiger partial charge is 0.496 e. The quantitative estimate of drug-likeness (QED) is 0.375. The molecule has 178 valence electrons. The molecule has 0 saturated carbocycles. The lowest BCUT2D eigenvalue weighted by molar-refractivity contribution is -0.110. The van der Waals surface area contributed by atoms with E-state index in [9.17, 15) is 4.79 Å². The van der Waals surface area contributed by atoms with Gasteiger partial charge in [0.15, 0.2) is 0 Å². The van der Waals surface area contributed by atoms with Gasteiger partial charge in [0.05, 0.1) is 36.3 Å². The Morgan fingerprint density at radius 3 is 2.50 bits per heavy atom. The zero-order chi connectivity index (χ0) is 24.6. The summed E-state index contributed by atoms with van der Waals surface area (Å²) in [4.78, 5) is 11.7. The van der Waals surface area contributed by atoms with Crippen LogP contribution in [0.2, 0.25) is 5.02 Å². The number of halogens is 1. The van der Waals surface area contributed by atoms with Gasteiger partial charge in [0.2, 0.25) is 0 Å². The van der Waals surface area contributed by atoms with E-state index in [1.54, 1.807) is 7.11 Å². The van der Waals surface area contributed by atoms with Crippen molar-refractivity contribution < 1.29 is 9.53 Å². The Bertz CT molecular complexity index is 1220. The van der Waals surface area contributed by atoms with E-state index in [2.05, 4.69) is 66.6 Å². The molecule has 0 bridgehead atoms. The molecule has 3 aromatic carbocycles. The highest BCUT2D eigenvalue weighted by Crippen LogP contribution is 2.47. The second kappa shape index (κ2) is 9.22. The number of ether oxygens (including phenoxy) is 1. The second-order valence-electron chi connectivity index (χ2n) is 9.59. The number of rotatable bonds is 7. The van der Waals surface area contributed by atoms with Crippen molar-refractivity contribution in [3.8, 4) is 16.9 Å². The van der Waals surface area contributed by atoms with Gasteiger partial charge in [-0.1, -0.05) is 49.7 Å². The number of anilines is 3. The minimum atomic E-state index is -0.701. The minimum absolute atomic E-state index is 0.382. The van der Waals surface area contributed by atoms with Crippen LogP contribution in [0.15, 0.2) is 54.6 Å². The van der Waals surface area contributed by atoms with Crippen LogP contribution in [0, 0.1) is 0 Å². The summed E-state index contributed by atoms with van der Waals surface area (Å²) >= 11 is 6.39. The fourth-order valence-electron chi connectivity index (χ4n) is 4.62. The average molecular weight is 478 g/mol. The fourth-order valence-corrected chi connectivity index (χ4v) is 4.79. The number of aldehydes is 1. The zero-order valence-electron chi connectivity index (χ0n) is 20.6. The van der Waals surface area contributed by atoms with Gasteiger partial charge in [-0.2, -0.15) is 0 Å². The van der Waals surface area contributed by atoms with Gasteiger partial charge in [0.1, 0.15) is 12.0 Å². The summed E-state index contributed by atoms with van der Waals surface area (Å²) in [6.45, 7) is 8.85. The van der Waals surface area contributed by atoms with E-state index in [0.29, 0.717) is 17.5 Å². The van der Waals surface area contributed by atoms with Crippen molar-refractivity contribution in [2.24, 2.45) is 0 Å². The third kappa shape index (κ3) is 4.32. The highest BCUT2D eigenvalue weighted by molar-refractivity contribution is 6.31. The van der Waals surface area contributed by atoms with Crippen molar-refractivity contribution in [2.45, 2.75) is 45.7 Å². The monoisotopic (exact) mass is 477 g/mol. The first-order valence-electron chi connectivity index (χ1n) is 11.5. The number of nitrogens with one attached hydrogen (secondary N) is 1. The maximum Gasteiger partial charge on any atom is 0.144 e. The summed E-state index contributed by atoms with van der Waals surface area (Å²) in [7, 11) is 3.74. The topological polar surface area (TPSA) is 44.8 Å². The highest BCUT2D eigenvalue weighted by atomic mass is 35.5. The van der Waals surface area contributed by atoms with Crippen molar-refractivity contribution in [2.75, 3.05) is 29.5 Å². The maximum absolute atomic E-state index is 11.7. The van der Waals surface area contributed by atoms with Gasteiger partial charge in [-0.15, -0.1) is 0 Å². The number of hydrogen-bond acceptors (Lipinski definition) is 5. The predicted molar refractivity (Wildman–Crippen MR) is 142 cm³/mol. The Hall–Kier alpha value is -3.18. The Morgan fingerprint density at radius 2 is 1.82 bits per heavy atom. The molecule has 0 unspecified atom stereocenters. The molecule has 0 amide bonds. The summed E-state index contributed by atoms with van der Waals surface area (Å²) < 4.78 is 5.68. The third-order valence-corrected chi connectivity index (χ3v) is 6.55. The molecule has 0 saturated heterocycles. The first-order chi connectivity index (χ1) is 16.2. The van der Waals surface area contributed by atoms with Gasteiger partial charge in [-0.3, -0.25) is 10.0 Å². The molecule has 1 aliphatic heterocycles. The molecule has 1 aliphatic rings. The molecule has 4 rings (SSSR count). The van der Waals surface area contributed by atoms with Gasteiger partial charge in [0.25, 0.3) is 0 Å². The molecule has 5 nitrogen and oxygen atoms in total. The van der Waals surface area contributed by atoms with Crippen LogP contribution >= 0.6 is 11.6 Å². The van der Waals surface area contributed by atoms with Crippen LogP contribution in [0.3, 0.4) is 0 Å². The van der Waals surface area contributed by atoms with Crippen LogP contribution in [0.4, 0.5) is 17.1 Å². The second-order valence-corrected chi connectivity index (χ2v) is 10.0. The van der Waals surface area contributed by atoms with E-state index in [1.165, 1.54) is 11.3 Å². The predicted octanol–water partition coefficient (Wildman–Crippen LogP) is 6.90. The molecule has 1 heterocycles. The number of fused-ring (bicyclic) bond motifs is 1. The molecule has 0 spiro atoms. The number of carbonyl (C=O) groups is 1. The summed E-state index contributed by atoms with van der Waals surface area (Å²) in [5, 5.41) is 8.56. The molecule has 34 heavy (non-hydrogen) atoms. The van der Waals surface area contributed by atoms with Gasteiger partial charge in [-0.05, 0) is 61.2 Å². The Balaban J connectivity index is 1.92. The van der Waals surface area contributed by atoms with E-state index >= 15 is 0 Å². The molecule has 0 radical (unpaired) electrons. The average Bonchev–Trinajstić information content (AvgIpc) is 3.16. The molecule has 3 aromatic rings. The number of hydrazine groups is 1. The van der Waals surface area contributed by atoms with E-state index in [0.717, 1.165) is 40.1 Å². The molecule has 6 heteroatoms. The summed E-state index contributed by atoms with van der Waals surface area (Å²) in [5.74, 6) is 1.15. The van der Waals surface area contributed by atoms with E-state index in [-0.39, 0.29) is 0 Å². The van der Waals surface area contributed by atoms with Crippen LogP contribution in [-0.4, -0.2) is 26.0 Å². The van der Waals surface area contributed by atoms with Crippen molar-refractivity contribution >= 4 is 34.9 Å². The van der Waals surface area contributed by atoms with Crippen molar-refractivity contribution in [1.29, 1.82) is 0 Å². The molecular formula is C28H32ClN3O2. The first-order valence-corrected chi connectivity index (χ1v) is 11.9. The number of nitrogens with zero attached hydrogens (tertiary/aromatic N) is 2. The summed E-state index contributed by atoms with van der Waals surface area (Å²) in [6.07, 6.45) is 0.939. The minimum Gasteiger partial charge on any atom is -0.496 e. The smallest absolute Gasteiger partial charge is 0.144 e. The van der Waals surface area contributed by atoms with Gasteiger partial charge < -0.3 is 14.8 Å².